The van der Waals surface area contributed by atoms with Crippen molar-refractivity contribution in [3.8, 4) is 5.75 Å². The van der Waals surface area contributed by atoms with Gasteiger partial charge >= 0.3 is 0 Å². The van der Waals surface area contributed by atoms with Gasteiger partial charge in [-0.1, -0.05) is 12.1 Å². The van der Waals surface area contributed by atoms with Gasteiger partial charge in [0.25, 0.3) is 0 Å². The molecule has 1 unspecified atom stereocenters. The summed E-state index contributed by atoms with van der Waals surface area (Å²) in [6, 6.07) is 6.27. The Balaban J connectivity index is 2.36. The molecule has 14 heavy (non-hydrogen) atoms. The second-order valence-corrected chi connectivity index (χ2v) is 3.42. The number of hydrogen-bond acceptors (Lipinski definition) is 3. The highest BCUT2D eigenvalue weighted by atomic mass is 16.5. The van der Waals surface area contributed by atoms with Gasteiger partial charge in [0.2, 0.25) is 5.43 Å². The monoisotopic (exact) mass is 192 g/mol. The van der Waals surface area contributed by atoms with E-state index in [4.69, 9.17) is 4.74 Å². The Morgan fingerprint density at radius 3 is 2.79 bits per heavy atom. The molecular weight excluding hydrogens is 180 g/mol. The lowest BCUT2D eigenvalue weighted by Gasteiger charge is -2.06. The summed E-state index contributed by atoms with van der Waals surface area (Å²) in [4.78, 5) is 11.1. The fourth-order valence-electron chi connectivity index (χ4n) is 1.63. The molecule has 1 N–H and O–H groups in total. The first-order chi connectivity index (χ1) is 6.77. The summed E-state index contributed by atoms with van der Waals surface area (Å²) in [5.41, 5.74) is 0.606. The lowest BCUT2D eigenvalue weighted by Crippen LogP contribution is -1.94. The molecule has 0 bridgehead atoms. The van der Waals surface area contributed by atoms with Crippen LogP contribution in [0.25, 0.3) is 0 Å². The number of ether oxygens (including phenoxy) is 1. The van der Waals surface area contributed by atoms with Crippen LogP contribution >= 0.6 is 0 Å². The van der Waals surface area contributed by atoms with Crippen molar-refractivity contribution in [1.29, 1.82) is 0 Å². The van der Waals surface area contributed by atoms with Gasteiger partial charge in [-0.15, -0.1) is 0 Å². The summed E-state index contributed by atoms with van der Waals surface area (Å²) in [6.45, 7) is 0.777. The van der Waals surface area contributed by atoms with Gasteiger partial charge in [-0.05, 0) is 30.5 Å². The molecule has 0 amide bonds. The van der Waals surface area contributed by atoms with E-state index in [1.165, 1.54) is 12.1 Å². The molecule has 74 valence electrons. The molecule has 1 fully saturated rings. The molecule has 1 aliphatic rings. The van der Waals surface area contributed by atoms with Gasteiger partial charge in [0, 0.05) is 6.61 Å². The van der Waals surface area contributed by atoms with E-state index in [0.717, 1.165) is 25.0 Å². The number of rotatable bonds is 1. The molecule has 3 heteroatoms. The average molecular weight is 192 g/mol. The fourth-order valence-corrected chi connectivity index (χ4v) is 1.63. The highest BCUT2D eigenvalue weighted by molar-refractivity contribution is 5.25. The molecule has 0 spiro atoms. The lowest BCUT2D eigenvalue weighted by molar-refractivity contribution is 0.112. The summed E-state index contributed by atoms with van der Waals surface area (Å²) < 4.78 is 5.48. The van der Waals surface area contributed by atoms with Crippen LogP contribution in [-0.2, 0) is 4.74 Å². The zero-order chi connectivity index (χ0) is 9.97. The Bertz CT molecular complexity index is 381. The van der Waals surface area contributed by atoms with Crippen molar-refractivity contribution in [3.63, 3.8) is 0 Å². The summed E-state index contributed by atoms with van der Waals surface area (Å²) in [7, 11) is 0. The maximum Gasteiger partial charge on any atom is 0.220 e. The molecule has 1 heterocycles. The third-order valence-electron chi connectivity index (χ3n) is 2.41. The largest absolute Gasteiger partial charge is 0.504 e. The molecular formula is C11H12O3. The van der Waals surface area contributed by atoms with Crippen molar-refractivity contribution in [2.24, 2.45) is 0 Å². The molecule has 0 aliphatic carbocycles. The van der Waals surface area contributed by atoms with Gasteiger partial charge in [0.1, 0.15) is 0 Å². The van der Waals surface area contributed by atoms with Crippen LogP contribution in [0.2, 0.25) is 0 Å². The first-order valence-corrected chi connectivity index (χ1v) is 4.72. The standard InChI is InChI=1S/C11H12O3/c12-9-5-3-8(4-6-10(9)13)11-2-1-7-14-11/h3-6,11H,1-2,7H2,(H,12,13). The van der Waals surface area contributed by atoms with Crippen LogP contribution in [0.5, 0.6) is 5.75 Å². The summed E-state index contributed by atoms with van der Waals surface area (Å²) in [5.74, 6) is -0.214. The first-order valence-electron chi connectivity index (χ1n) is 4.72. The third-order valence-corrected chi connectivity index (χ3v) is 2.41. The van der Waals surface area contributed by atoms with Crippen LogP contribution in [0.4, 0.5) is 0 Å². The predicted molar refractivity (Wildman–Crippen MR) is 52.3 cm³/mol. The minimum Gasteiger partial charge on any atom is -0.504 e. The Kier molecular flexibility index (Phi) is 2.50. The van der Waals surface area contributed by atoms with E-state index in [0.29, 0.717) is 0 Å². The molecule has 0 radical (unpaired) electrons. The maximum atomic E-state index is 11.1. The molecule has 1 saturated heterocycles. The lowest BCUT2D eigenvalue weighted by atomic mass is 10.1. The summed E-state index contributed by atoms with van der Waals surface area (Å²) >= 11 is 0. The van der Waals surface area contributed by atoms with Gasteiger partial charge in [0.05, 0.1) is 6.10 Å². The zero-order valence-electron chi connectivity index (χ0n) is 7.77. The summed E-state index contributed by atoms with van der Waals surface area (Å²) in [6.07, 6.45) is 2.12. The van der Waals surface area contributed by atoms with Crippen molar-refractivity contribution in [3.05, 3.63) is 40.1 Å². The first kappa shape index (κ1) is 9.21. The highest BCUT2D eigenvalue weighted by Crippen LogP contribution is 2.27. The Hall–Kier alpha value is -1.35. The van der Waals surface area contributed by atoms with Gasteiger partial charge in [-0.25, -0.2) is 0 Å². The van der Waals surface area contributed by atoms with Crippen molar-refractivity contribution in [2.75, 3.05) is 6.61 Å². The highest BCUT2D eigenvalue weighted by Gasteiger charge is 2.16. The topological polar surface area (TPSA) is 46.5 Å². The normalized spacial score (nSPS) is 21.0. The second-order valence-electron chi connectivity index (χ2n) is 3.42. The molecule has 1 atom stereocenters. The molecule has 0 saturated carbocycles. The SMILES string of the molecule is O=c1ccc(C2CCCO2)ccc1O. The van der Waals surface area contributed by atoms with Crippen LogP contribution in [-0.4, -0.2) is 11.7 Å². The Morgan fingerprint density at radius 1 is 1.29 bits per heavy atom. The molecule has 0 aromatic heterocycles. The van der Waals surface area contributed by atoms with E-state index >= 15 is 0 Å². The predicted octanol–water partition coefficient (Wildman–Crippen LogP) is 1.60. The molecule has 1 aromatic carbocycles. The van der Waals surface area contributed by atoms with E-state index < -0.39 is 0 Å². The van der Waals surface area contributed by atoms with E-state index in [1.54, 1.807) is 12.1 Å². The Morgan fingerprint density at radius 2 is 2.07 bits per heavy atom. The van der Waals surface area contributed by atoms with E-state index in [1.807, 2.05) is 0 Å². The molecule has 1 aromatic rings. The van der Waals surface area contributed by atoms with Gasteiger partial charge in [-0.2, -0.15) is 0 Å². The van der Waals surface area contributed by atoms with E-state index in [-0.39, 0.29) is 17.3 Å². The number of hydrogen-bond donors (Lipinski definition) is 1. The Labute approximate surface area is 82.0 Å². The van der Waals surface area contributed by atoms with Crippen molar-refractivity contribution >= 4 is 0 Å². The van der Waals surface area contributed by atoms with Crippen molar-refractivity contribution in [2.45, 2.75) is 18.9 Å². The van der Waals surface area contributed by atoms with Crippen molar-refractivity contribution in [1.82, 2.24) is 0 Å². The van der Waals surface area contributed by atoms with Crippen LogP contribution in [0.3, 0.4) is 0 Å². The molecule has 1 aliphatic heterocycles. The van der Waals surface area contributed by atoms with Gasteiger partial charge < -0.3 is 9.84 Å². The van der Waals surface area contributed by atoms with Crippen LogP contribution in [0, 0.1) is 0 Å². The fraction of sp³-hybridized carbons (Fsp3) is 0.364. The van der Waals surface area contributed by atoms with Gasteiger partial charge in [0.15, 0.2) is 5.75 Å². The van der Waals surface area contributed by atoms with E-state index in [2.05, 4.69) is 0 Å². The molecule has 2 rings (SSSR count). The zero-order valence-corrected chi connectivity index (χ0v) is 7.77. The van der Waals surface area contributed by atoms with E-state index in [9.17, 15) is 9.90 Å². The van der Waals surface area contributed by atoms with Crippen LogP contribution in [0.1, 0.15) is 24.5 Å². The average Bonchev–Trinajstić information content (AvgIpc) is 2.65. The van der Waals surface area contributed by atoms with Crippen LogP contribution < -0.4 is 5.43 Å². The third kappa shape index (κ3) is 1.77. The molecule has 3 nitrogen and oxygen atoms in total. The van der Waals surface area contributed by atoms with Crippen molar-refractivity contribution < 1.29 is 9.84 Å². The minimum atomic E-state index is -0.353. The van der Waals surface area contributed by atoms with Crippen LogP contribution in [0.15, 0.2) is 29.1 Å². The quantitative estimate of drug-likeness (QED) is 0.735. The number of aromatic hydroxyl groups is 1. The summed E-state index contributed by atoms with van der Waals surface area (Å²) in [5, 5.41) is 9.19. The minimum absolute atomic E-state index is 0.0844. The smallest absolute Gasteiger partial charge is 0.220 e. The van der Waals surface area contributed by atoms with Gasteiger partial charge in [-0.3, -0.25) is 4.79 Å². The second kappa shape index (κ2) is 3.80. The maximum absolute atomic E-state index is 11.1.